The van der Waals surface area contributed by atoms with Crippen molar-refractivity contribution in [1.29, 1.82) is 0 Å². The number of nitrogens with zero attached hydrogens (tertiary/aromatic N) is 2. The molecule has 2 aliphatic carbocycles. The minimum atomic E-state index is -0.512. The van der Waals surface area contributed by atoms with Gasteiger partial charge in [0.25, 0.3) is 0 Å². The number of nitrogens with one attached hydrogen (secondary N) is 1. The van der Waals surface area contributed by atoms with Crippen LogP contribution in [-0.4, -0.2) is 40.3 Å². The van der Waals surface area contributed by atoms with Gasteiger partial charge in [-0.15, -0.1) is 0 Å². The van der Waals surface area contributed by atoms with Crippen molar-refractivity contribution in [2.24, 2.45) is 0 Å². The largest absolute Gasteiger partial charge is 0.344 e. The van der Waals surface area contributed by atoms with E-state index in [1.807, 2.05) is 18.3 Å². The van der Waals surface area contributed by atoms with Crippen LogP contribution >= 0.6 is 0 Å². The molecule has 0 spiro atoms. The quantitative estimate of drug-likeness (QED) is 0.885. The molecule has 146 valence electrons. The number of amides is 2. The predicted molar refractivity (Wildman–Crippen MR) is 104 cm³/mol. The van der Waals surface area contributed by atoms with Crippen molar-refractivity contribution in [3.63, 3.8) is 0 Å². The normalized spacial score (nSPS) is 26.1. The molecule has 1 saturated heterocycles. The molecule has 1 atom stereocenters. The van der Waals surface area contributed by atoms with Gasteiger partial charge in [-0.1, -0.05) is 38.2 Å². The first-order valence-corrected chi connectivity index (χ1v) is 10.7. The first-order chi connectivity index (χ1) is 13.2. The lowest BCUT2D eigenvalue weighted by molar-refractivity contribution is -0.142. The molecule has 0 radical (unpaired) electrons. The topological polar surface area (TPSA) is 62.3 Å². The van der Waals surface area contributed by atoms with Gasteiger partial charge in [0.05, 0.1) is 5.41 Å². The lowest BCUT2D eigenvalue weighted by Gasteiger charge is -2.40. The Labute approximate surface area is 161 Å². The maximum absolute atomic E-state index is 13.4. The number of carbonyl (C=O) groups excluding carboxylic acids is 2. The van der Waals surface area contributed by atoms with Crippen molar-refractivity contribution in [3.8, 4) is 0 Å². The summed E-state index contributed by atoms with van der Waals surface area (Å²) in [5.74, 6) is 0.165. The summed E-state index contributed by atoms with van der Waals surface area (Å²) in [5, 5.41) is 3.16. The van der Waals surface area contributed by atoms with E-state index in [9.17, 15) is 9.59 Å². The second-order valence-corrected chi connectivity index (χ2v) is 8.52. The van der Waals surface area contributed by atoms with Crippen molar-refractivity contribution >= 4 is 11.8 Å². The van der Waals surface area contributed by atoms with Crippen molar-refractivity contribution in [2.45, 2.75) is 88.1 Å². The molecule has 0 bridgehead atoms. The van der Waals surface area contributed by atoms with Gasteiger partial charge in [-0.25, -0.2) is 0 Å². The summed E-state index contributed by atoms with van der Waals surface area (Å²) < 4.78 is 0. The maximum Gasteiger partial charge on any atom is 0.245 e. The van der Waals surface area contributed by atoms with Crippen LogP contribution in [0.5, 0.6) is 0 Å². The first-order valence-electron chi connectivity index (χ1n) is 10.7. The number of pyridine rings is 1. The number of hydrogen-bond donors (Lipinski definition) is 1. The maximum atomic E-state index is 13.4. The zero-order valence-corrected chi connectivity index (χ0v) is 16.2. The monoisotopic (exact) mass is 369 g/mol. The minimum absolute atomic E-state index is 0.0249. The summed E-state index contributed by atoms with van der Waals surface area (Å²) in [5.41, 5.74) is 0.481. The molecule has 2 saturated carbocycles. The van der Waals surface area contributed by atoms with Crippen molar-refractivity contribution < 1.29 is 9.59 Å². The highest BCUT2D eigenvalue weighted by atomic mass is 16.2. The molecule has 1 unspecified atom stereocenters. The molecule has 3 fully saturated rings. The van der Waals surface area contributed by atoms with Gasteiger partial charge in [-0.2, -0.15) is 0 Å². The molecule has 1 aromatic heterocycles. The Bertz CT molecular complexity index is 663. The molecule has 0 aromatic carbocycles. The summed E-state index contributed by atoms with van der Waals surface area (Å²) in [7, 11) is 0. The number of carbonyl (C=O) groups is 2. The molecule has 1 aliphatic heterocycles. The molecule has 4 rings (SSSR count). The molecule has 3 aliphatic rings. The third kappa shape index (κ3) is 3.61. The Balaban J connectivity index is 1.48. The number of hydrogen-bond acceptors (Lipinski definition) is 3. The van der Waals surface area contributed by atoms with Crippen LogP contribution in [0.25, 0.3) is 0 Å². The van der Waals surface area contributed by atoms with Crippen LogP contribution in [-0.2, 0) is 15.0 Å². The number of likely N-dealkylation sites (tertiary alicyclic amines) is 1. The average Bonchev–Trinajstić information content (AvgIpc) is 3.22. The standard InChI is InChI=1S/C22H31N3O2/c26-20-19(11-7-15-25(20)18-9-2-1-3-10-18)24-21(27)22(12-4-5-13-22)17-8-6-14-23-16-17/h6,8,14,16,18-19H,1-5,7,9-13,15H2,(H,24,27). The van der Waals surface area contributed by atoms with Gasteiger partial charge in [0.15, 0.2) is 0 Å². The van der Waals surface area contributed by atoms with Gasteiger partial charge in [-0.05, 0) is 50.2 Å². The van der Waals surface area contributed by atoms with Gasteiger partial charge in [0.2, 0.25) is 11.8 Å². The zero-order chi connectivity index (χ0) is 18.7. The Morgan fingerprint density at radius 2 is 1.85 bits per heavy atom. The molecule has 2 heterocycles. The van der Waals surface area contributed by atoms with Gasteiger partial charge in [0.1, 0.15) is 6.04 Å². The van der Waals surface area contributed by atoms with Crippen molar-refractivity contribution in [3.05, 3.63) is 30.1 Å². The Hall–Kier alpha value is -1.91. The summed E-state index contributed by atoms with van der Waals surface area (Å²) in [6.45, 7) is 0.851. The van der Waals surface area contributed by atoms with E-state index in [0.29, 0.717) is 6.04 Å². The fraction of sp³-hybridized carbons (Fsp3) is 0.682. The van der Waals surface area contributed by atoms with E-state index in [2.05, 4.69) is 15.2 Å². The molecular weight excluding hydrogens is 338 g/mol. The Morgan fingerprint density at radius 1 is 1.07 bits per heavy atom. The van der Waals surface area contributed by atoms with Crippen LogP contribution in [0.3, 0.4) is 0 Å². The predicted octanol–water partition coefficient (Wildman–Crippen LogP) is 3.33. The summed E-state index contributed by atoms with van der Waals surface area (Å²) in [4.78, 5) is 32.8. The lowest BCUT2D eigenvalue weighted by Crippen LogP contribution is -2.58. The Morgan fingerprint density at radius 3 is 2.56 bits per heavy atom. The third-order valence-corrected chi connectivity index (χ3v) is 6.90. The minimum Gasteiger partial charge on any atom is -0.344 e. The van der Waals surface area contributed by atoms with Gasteiger partial charge >= 0.3 is 0 Å². The zero-order valence-electron chi connectivity index (χ0n) is 16.2. The fourth-order valence-corrected chi connectivity index (χ4v) is 5.36. The summed E-state index contributed by atoms with van der Waals surface area (Å²) in [6, 6.07) is 3.93. The van der Waals surface area contributed by atoms with Crippen LogP contribution in [0.15, 0.2) is 24.5 Å². The Kier molecular flexibility index (Phi) is 5.46. The van der Waals surface area contributed by atoms with E-state index < -0.39 is 5.41 Å². The first kappa shape index (κ1) is 18.5. The highest BCUT2D eigenvalue weighted by molar-refractivity contribution is 5.93. The fourth-order valence-electron chi connectivity index (χ4n) is 5.36. The van der Waals surface area contributed by atoms with Gasteiger partial charge in [-0.3, -0.25) is 14.6 Å². The molecule has 27 heavy (non-hydrogen) atoms. The van der Waals surface area contributed by atoms with Gasteiger partial charge < -0.3 is 10.2 Å². The van der Waals surface area contributed by atoms with Crippen LogP contribution in [0.2, 0.25) is 0 Å². The van der Waals surface area contributed by atoms with Crippen molar-refractivity contribution in [1.82, 2.24) is 15.2 Å². The van der Waals surface area contributed by atoms with E-state index in [4.69, 9.17) is 0 Å². The molecule has 2 amide bonds. The van der Waals surface area contributed by atoms with Gasteiger partial charge in [0, 0.05) is 25.0 Å². The molecular formula is C22H31N3O2. The van der Waals surface area contributed by atoms with E-state index >= 15 is 0 Å². The highest BCUT2D eigenvalue weighted by Gasteiger charge is 2.45. The average molecular weight is 370 g/mol. The van der Waals surface area contributed by atoms with E-state index in [0.717, 1.165) is 63.5 Å². The van der Waals surface area contributed by atoms with E-state index in [1.165, 1.54) is 19.3 Å². The summed E-state index contributed by atoms with van der Waals surface area (Å²) in [6.07, 6.45) is 15.1. The number of aromatic nitrogens is 1. The van der Waals surface area contributed by atoms with E-state index in [-0.39, 0.29) is 17.9 Å². The lowest BCUT2D eigenvalue weighted by atomic mass is 9.78. The van der Waals surface area contributed by atoms with Crippen LogP contribution in [0, 0.1) is 0 Å². The molecule has 5 heteroatoms. The third-order valence-electron chi connectivity index (χ3n) is 6.90. The highest BCUT2D eigenvalue weighted by Crippen LogP contribution is 2.41. The van der Waals surface area contributed by atoms with Crippen LogP contribution < -0.4 is 5.32 Å². The van der Waals surface area contributed by atoms with E-state index in [1.54, 1.807) is 6.20 Å². The van der Waals surface area contributed by atoms with Crippen molar-refractivity contribution in [2.75, 3.05) is 6.54 Å². The molecule has 1 N–H and O–H groups in total. The second kappa shape index (κ2) is 7.99. The smallest absolute Gasteiger partial charge is 0.245 e. The molecule has 5 nitrogen and oxygen atoms in total. The summed E-state index contributed by atoms with van der Waals surface area (Å²) >= 11 is 0. The second-order valence-electron chi connectivity index (χ2n) is 8.52. The van der Waals surface area contributed by atoms with Crippen LogP contribution in [0.4, 0.5) is 0 Å². The number of piperidine rings is 1. The van der Waals surface area contributed by atoms with Crippen LogP contribution in [0.1, 0.15) is 76.2 Å². The SMILES string of the molecule is O=C1C(NC(=O)C2(c3cccnc3)CCCC2)CCCN1C1CCCCC1. The molecule has 1 aromatic rings. The number of rotatable bonds is 4.